The average Bonchev–Trinajstić information content (AvgIpc) is 2.87. The van der Waals surface area contributed by atoms with Gasteiger partial charge in [0, 0.05) is 25.7 Å². The zero-order valence-corrected chi connectivity index (χ0v) is 21.3. The van der Waals surface area contributed by atoms with Crippen LogP contribution in [0.1, 0.15) is 26.3 Å². The van der Waals surface area contributed by atoms with Crippen LogP contribution in [-0.4, -0.2) is 58.9 Å². The van der Waals surface area contributed by atoms with E-state index < -0.39 is 59.8 Å². The number of sulfonamides is 1. The third-order valence-corrected chi connectivity index (χ3v) is 8.64. The summed E-state index contributed by atoms with van der Waals surface area (Å²) in [7, 11) is -7.88. The van der Waals surface area contributed by atoms with Crippen molar-refractivity contribution in [1.29, 1.82) is 0 Å². The maximum Gasteiger partial charge on any atom is 0.417 e. The molecule has 0 bridgehead atoms. The number of carbonyl (C=O) groups is 2. The lowest BCUT2D eigenvalue weighted by molar-refractivity contribution is -0.139. The second-order valence-electron chi connectivity index (χ2n) is 7.98. The van der Waals surface area contributed by atoms with E-state index in [1.807, 2.05) is 4.72 Å². The van der Waals surface area contributed by atoms with Gasteiger partial charge in [0.25, 0.3) is 5.91 Å². The van der Waals surface area contributed by atoms with Crippen LogP contribution in [-0.2, 0) is 26.0 Å². The Balaban J connectivity index is 1.83. The van der Waals surface area contributed by atoms with E-state index in [1.54, 1.807) is 6.07 Å². The smallest absolute Gasteiger partial charge is 0.417 e. The molecular formula is C24H21F3N2O7S2. The van der Waals surface area contributed by atoms with Gasteiger partial charge in [0.2, 0.25) is 19.9 Å². The average molecular weight is 571 g/mol. The number of nitrogens with zero attached hydrogens (tertiary/aromatic N) is 1. The Bertz CT molecular complexity index is 1560. The lowest BCUT2D eigenvalue weighted by atomic mass is 10.1. The molecule has 0 atom stereocenters. The van der Waals surface area contributed by atoms with Crippen molar-refractivity contribution in [3.05, 3.63) is 89.5 Å². The fraction of sp³-hybridized carbons (Fsp3) is 0.167. The quantitative estimate of drug-likeness (QED) is 0.403. The highest BCUT2D eigenvalue weighted by atomic mass is 32.2. The van der Waals surface area contributed by atoms with Crippen molar-refractivity contribution in [2.24, 2.45) is 0 Å². The van der Waals surface area contributed by atoms with Crippen molar-refractivity contribution in [2.75, 3.05) is 20.1 Å². The first-order valence-electron chi connectivity index (χ1n) is 10.7. The maximum atomic E-state index is 13.6. The Labute approximate surface area is 216 Å². The first-order chi connectivity index (χ1) is 17.6. The predicted octanol–water partition coefficient (Wildman–Crippen LogP) is 3.29. The van der Waals surface area contributed by atoms with Crippen LogP contribution < -0.4 is 4.72 Å². The van der Waals surface area contributed by atoms with E-state index in [1.165, 1.54) is 55.6 Å². The standard InChI is InChI=1S/C24H21F3N2O7S2/c1-29(22(30)16-7-9-17(10-8-16)23(31)32)14-13-28-38(35,36)21-15-19(11-12-20(21)24(25,26)27)37(33,34)18-5-3-2-4-6-18/h2-12,15,28H,13-14H2,1H3,(H,31,32). The number of hydrogen-bond acceptors (Lipinski definition) is 6. The fourth-order valence-electron chi connectivity index (χ4n) is 3.36. The first-order valence-corrected chi connectivity index (χ1v) is 13.7. The van der Waals surface area contributed by atoms with Gasteiger partial charge in [0.15, 0.2) is 0 Å². The van der Waals surface area contributed by atoms with Crippen molar-refractivity contribution < 1.29 is 44.7 Å². The van der Waals surface area contributed by atoms with Gasteiger partial charge in [0.1, 0.15) is 0 Å². The number of aromatic carboxylic acids is 1. The highest BCUT2D eigenvalue weighted by molar-refractivity contribution is 7.91. The highest BCUT2D eigenvalue weighted by Gasteiger charge is 2.38. The van der Waals surface area contributed by atoms with Gasteiger partial charge in [-0.05, 0) is 54.6 Å². The molecule has 0 unspecified atom stereocenters. The van der Waals surface area contributed by atoms with E-state index in [0.29, 0.717) is 18.2 Å². The normalized spacial score (nSPS) is 12.2. The van der Waals surface area contributed by atoms with Gasteiger partial charge < -0.3 is 10.0 Å². The lowest BCUT2D eigenvalue weighted by Gasteiger charge is -2.19. The third kappa shape index (κ3) is 6.38. The van der Waals surface area contributed by atoms with Gasteiger partial charge in [-0.3, -0.25) is 4.79 Å². The summed E-state index contributed by atoms with van der Waals surface area (Å²) in [5.74, 6) is -1.78. The first kappa shape index (κ1) is 28.8. The van der Waals surface area contributed by atoms with Crippen molar-refractivity contribution in [2.45, 2.75) is 20.9 Å². The molecule has 14 heteroatoms. The Morgan fingerprint density at radius 2 is 1.45 bits per heavy atom. The third-order valence-electron chi connectivity index (χ3n) is 5.38. The monoisotopic (exact) mass is 570 g/mol. The number of halogens is 3. The number of nitrogens with one attached hydrogen (secondary N) is 1. The molecule has 38 heavy (non-hydrogen) atoms. The molecule has 9 nitrogen and oxygen atoms in total. The van der Waals surface area contributed by atoms with Crippen LogP contribution >= 0.6 is 0 Å². The summed E-state index contributed by atoms with van der Waals surface area (Å²) in [4.78, 5) is 22.4. The van der Waals surface area contributed by atoms with Crippen molar-refractivity contribution in [3.63, 3.8) is 0 Å². The van der Waals surface area contributed by atoms with Crippen LogP contribution in [0.15, 0.2) is 87.5 Å². The molecule has 0 fully saturated rings. The number of benzene rings is 3. The Kier molecular flexibility index (Phi) is 8.29. The summed E-state index contributed by atoms with van der Waals surface area (Å²) in [6.45, 7) is -0.757. The SMILES string of the molecule is CN(CCNS(=O)(=O)c1cc(S(=O)(=O)c2ccccc2)ccc1C(F)(F)F)C(=O)c1ccc(C(=O)O)cc1. The molecule has 0 radical (unpaired) electrons. The van der Waals surface area contributed by atoms with Crippen LogP contribution in [0.25, 0.3) is 0 Å². The Morgan fingerprint density at radius 3 is 2.00 bits per heavy atom. The summed E-state index contributed by atoms with van der Waals surface area (Å²) in [6, 6.07) is 13.3. The van der Waals surface area contributed by atoms with Gasteiger partial charge in [-0.2, -0.15) is 13.2 Å². The number of sulfone groups is 1. The van der Waals surface area contributed by atoms with Crippen LogP contribution in [0, 0.1) is 0 Å². The summed E-state index contributed by atoms with van der Waals surface area (Å²) in [5.41, 5.74) is -1.49. The van der Waals surface area contributed by atoms with Crippen molar-refractivity contribution >= 4 is 31.7 Å². The molecule has 1 amide bonds. The molecule has 0 heterocycles. The number of carboxylic acid groups (broad SMARTS) is 1. The minimum Gasteiger partial charge on any atom is -0.478 e. The Hall–Kier alpha value is -3.75. The molecule has 0 aliphatic heterocycles. The largest absolute Gasteiger partial charge is 0.478 e. The number of alkyl halides is 3. The minimum absolute atomic E-state index is 0.0473. The zero-order chi connectivity index (χ0) is 28.3. The second-order valence-corrected chi connectivity index (χ2v) is 11.7. The van der Waals surface area contributed by atoms with Gasteiger partial charge in [-0.25, -0.2) is 26.4 Å². The number of carbonyl (C=O) groups excluding carboxylic acids is 1. The summed E-state index contributed by atoms with van der Waals surface area (Å²) in [6.07, 6.45) is -5.10. The number of amides is 1. The molecule has 2 N–H and O–H groups in total. The number of rotatable bonds is 9. The van der Waals surface area contributed by atoms with Gasteiger partial charge >= 0.3 is 12.1 Å². The summed E-state index contributed by atoms with van der Waals surface area (Å²) in [5, 5.41) is 8.93. The van der Waals surface area contributed by atoms with E-state index in [2.05, 4.69) is 0 Å². The molecule has 202 valence electrons. The topological polar surface area (TPSA) is 138 Å². The Morgan fingerprint density at radius 1 is 0.868 bits per heavy atom. The zero-order valence-electron chi connectivity index (χ0n) is 19.6. The van der Waals surface area contributed by atoms with Crippen molar-refractivity contribution in [1.82, 2.24) is 9.62 Å². The second kappa shape index (κ2) is 10.9. The number of carboxylic acids is 1. The van der Waals surface area contributed by atoms with E-state index in [0.717, 1.165) is 4.90 Å². The van der Waals surface area contributed by atoms with Gasteiger partial charge in [-0.1, -0.05) is 18.2 Å². The molecule has 0 aliphatic carbocycles. The van der Waals surface area contributed by atoms with Gasteiger partial charge in [0.05, 0.1) is 25.8 Å². The molecule has 3 rings (SSSR count). The predicted molar refractivity (Wildman–Crippen MR) is 129 cm³/mol. The molecular weight excluding hydrogens is 549 g/mol. The van der Waals surface area contributed by atoms with Crippen LogP contribution in [0.2, 0.25) is 0 Å². The number of hydrogen-bond donors (Lipinski definition) is 2. The van der Waals surface area contributed by atoms with E-state index >= 15 is 0 Å². The lowest BCUT2D eigenvalue weighted by Crippen LogP contribution is -2.36. The fourth-order valence-corrected chi connectivity index (χ4v) is 6.02. The van der Waals surface area contributed by atoms with Crippen LogP contribution in [0.5, 0.6) is 0 Å². The molecule has 0 saturated heterocycles. The van der Waals surface area contributed by atoms with Gasteiger partial charge in [-0.15, -0.1) is 0 Å². The summed E-state index contributed by atoms with van der Waals surface area (Å²) >= 11 is 0. The molecule has 0 aromatic heterocycles. The molecule has 0 saturated carbocycles. The van der Waals surface area contributed by atoms with Crippen molar-refractivity contribution in [3.8, 4) is 0 Å². The minimum atomic E-state index is -5.10. The number of likely N-dealkylation sites (N-methyl/N-ethyl adjacent to an activating group) is 1. The van der Waals surface area contributed by atoms with Crippen LogP contribution in [0.3, 0.4) is 0 Å². The van der Waals surface area contributed by atoms with E-state index in [-0.39, 0.29) is 22.6 Å². The molecule has 3 aromatic rings. The van der Waals surface area contributed by atoms with Crippen LogP contribution in [0.4, 0.5) is 13.2 Å². The van der Waals surface area contributed by atoms with E-state index in [9.17, 15) is 39.6 Å². The highest BCUT2D eigenvalue weighted by Crippen LogP contribution is 2.36. The molecule has 0 aliphatic rings. The summed E-state index contributed by atoms with van der Waals surface area (Å²) < 4.78 is 94.3. The molecule has 3 aromatic carbocycles. The van der Waals surface area contributed by atoms with E-state index in [4.69, 9.17) is 5.11 Å². The maximum absolute atomic E-state index is 13.6. The molecule has 0 spiro atoms.